The van der Waals surface area contributed by atoms with Crippen molar-refractivity contribution in [3.63, 3.8) is 0 Å². The summed E-state index contributed by atoms with van der Waals surface area (Å²) in [6.07, 6.45) is 0.921. The van der Waals surface area contributed by atoms with Gasteiger partial charge in [-0.1, -0.05) is 47.1 Å². The van der Waals surface area contributed by atoms with Crippen LogP contribution in [0.25, 0.3) is 0 Å². The number of para-hydroxylation sites is 1. The van der Waals surface area contributed by atoms with Crippen LogP contribution in [0, 0.1) is 5.82 Å². The molecular weight excluding hydrogens is 333 g/mol. The lowest BCUT2D eigenvalue weighted by Gasteiger charge is -2.21. The third-order valence-electron chi connectivity index (χ3n) is 3.74. The molecule has 1 unspecified atom stereocenters. The maximum Gasteiger partial charge on any atom is 0.129 e. The van der Waals surface area contributed by atoms with E-state index < -0.39 is 0 Å². The lowest BCUT2D eigenvalue weighted by atomic mass is 9.95. The van der Waals surface area contributed by atoms with E-state index >= 15 is 0 Å². The van der Waals surface area contributed by atoms with Crippen LogP contribution in [0.5, 0.6) is 5.75 Å². The molecule has 0 aromatic heterocycles. The molecule has 0 fully saturated rings. The van der Waals surface area contributed by atoms with E-state index in [0.29, 0.717) is 12.2 Å². The smallest absolute Gasteiger partial charge is 0.129 e. The first kappa shape index (κ1) is 14.5. The highest BCUT2D eigenvalue weighted by Crippen LogP contribution is 2.37. The molecule has 0 saturated carbocycles. The maximum atomic E-state index is 14.4. The van der Waals surface area contributed by atoms with Crippen LogP contribution >= 0.6 is 15.9 Å². The van der Waals surface area contributed by atoms with Gasteiger partial charge in [-0.05, 0) is 24.2 Å². The largest absolute Gasteiger partial charge is 0.493 e. The Labute approximate surface area is 132 Å². The van der Waals surface area contributed by atoms with Crippen molar-refractivity contribution in [1.82, 2.24) is 5.32 Å². The van der Waals surface area contributed by atoms with Gasteiger partial charge < -0.3 is 10.1 Å². The molecule has 4 heteroatoms. The number of halogens is 2. The van der Waals surface area contributed by atoms with Gasteiger partial charge in [0.25, 0.3) is 0 Å². The number of hydrogen-bond acceptors (Lipinski definition) is 2. The van der Waals surface area contributed by atoms with Gasteiger partial charge in [0.2, 0.25) is 0 Å². The standard InChI is InChI=1S/C17H17BrFNO/c1-2-20-16(13-7-6-12(18)10-15(13)19)14-5-3-4-11-8-9-21-17(11)14/h3-7,10,16,20H,2,8-9H2,1H3. The third-order valence-corrected chi connectivity index (χ3v) is 4.23. The van der Waals surface area contributed by atoms with Gasteiger partial charge in [-0.15, -0.1) is 0 Å². The van der Waals surface area contributed by atoms with Crippen LogP contribution in [0.2, 0.25) is 0 Å². The summed E-state index contributed by atoms with van der Waals surface area (Å²) in [7, 11) is 0. The average Bonchev–Trinajstić information content (AvgIpc) is 2.94. The number of ether oxygens (including phenoxy) is 1. The molecule has 0 saturated heterocycles. The molecule has 1 aliphatic heterocycles. The summed E-state index contributed by atoms with van der Waals surface area (Å²) < 4.78 is 20.9. The van der Waals surface area contributed by atoms with Gasteiger partial charge in [0.1, 0.15) is 11.6 Å². The van der Waals surface area contributed by atoms with E-state index in [9.17, 15) is 4.39 Å². The molecule has 0 amide bonds. The molecule has 21 heavy (non-hydrogen) atoms. The maximum absolute atomic E-state index is 14.4. The molecule has 2 aromatic rings. The zero-order valence-corrected chi connectivity index (χ0v) is 13.4. The second kappa shape index (κ2) is 6.16. The van der Waals surface area contributed by atoms with Crippen LogP contribution in [-0.2, 0) is 6.42 Å². The van der Waals surface area contributed by atoms with E-state index in [0.717, 1.165) is 28.8 Å². The monoisotopic (exact) mass is 349 g/mol. The van der Waals surface area contributed by atoms with E-state index in [4.69, 9.17) is 4.74 Å². The zero-order chi connectivity index (χ0) is 14.8. The van der Waals surface area contributed by atoms with Gasteiger partial charge >= 0.3 is 0 Å². The van der Waals surface area contributed by atoms with Crippen LogP contribution in [0.15, 0.2) is 40.9 Å². The Kier molecular flexibility index (Phi) is 4.27. The minimum Gasteiger partial charge on any atom is -0.493 e. The van der Waals surface area contributed by atoms with Crippen molar-refractivity contribution in [2.75, 3.05) is 13.2 Å². The minimum absolute atomic E-state index is 0.198. The van der Waals surface area contributed by atoms with Gasteiger partial charge in [0.05, 0.1) is 12.6 Å². The van der Waals surface area contributed by atoms with E-state index in [1.807, 2.05) is 31.2 Å². The second-order valence-corrected chi connectivity index (χ2v) is 6.01. The molecule has 0 bridgehead atoms. The number of nitrogens with one attached hydrogen (secondary N) is 1. The summed E-state index contributed by atoms with van der Waals surface area (Å²) in [5.41, 5.74) is 2.85. The highest BCUT2D eigenvalue weighted by Gasteiger charge is 2.24. The van der Waals surface area contributed by atoms with Crippen molar-refractivity contribution < 1.29 is 9.13 Å². The SMILES string of the molecule is CCNC(c1ccc(Br)cc1F)c1cccc2c1OCC2. The summed E-state index contributed by atoms with van der Waals surface area (Å²) in [5, 5.41) is 3.37. The van der Waals surface area contributed by atoms with Gasteiger partial charge in [-0.2, -0.15) is 0 Å². The first-order chi connectivity index (χ1) is 10.2. The van der Waals surface area contributed by atoms with Crippen LogP contribution in [0.3, 0.4) is 0 Å². The number of hydrogen-bond donors (Lipinski definition) is 1. The highest BCUT2D eigenvalue weighted by atomic mass is 79.9. The molecule has 0 radical (unpaired) electrons. The summed E-state index contributed by atoms with van der Waals surface area (Å²) in [5.74, 6) is 0.691. The van der Waals surface area contributed by atoms with Gasteiger partial charge in [-0.25, -0.2) is 4.39 Å². The summed E-state index contributed by atoms with van der Waals surface area (Å²) >= 11 is 3.31. The first-order valence-electron chi connectivity index (χ1n) is 7.13. The van der Waals surface area contributed by atoms with Crippen molar-refractivity contribution in [2.24, 2.45) is 0 Å². The fourth-order valence-electron chi connectivity index (χ4n) is 2.80. The molecule has 3 rings (SSSR count). The van der Waals surface area contributed by atoms with Crippen molar-refractivity contribution >= 4 is 15.9 Å². The van der Waals surface area contributed by atoms with Crippen molar-refractivity contribution in [3.8, 4) is 5.75 Å². The number of fused-ring (bicyclic) bond motifs is 1. The lowest BCUT2D eigenvalue weighted by molar-refractivity contribution is 0.350. The van der Waals surface area contributed by atoms with Gasteiger partial charge in [0, 0.05) is 22.0 Å². The van der Waals surface area contributed by atoms with Crippen LogP contribution in [0.1, 0.15) is 29.7 Å². The Bertz CT molecular complexity index is 659. The summed E-state index contributed by atoms with van der Waals surface area (Å²) in [4.78, 5) is 0. The molecule has 1 heterocycles. The van der Waals surface area contributed by atoms with Crippen molar-refractivity contribution in [3.05, 3.63) is 63.4 Å². The van der Waals surface area contributed by atoms with Crippen LogP contribution in [0.4, 0.5) is 4.39 Å². The second-order valence-electron chi connectivity index (χ2n) is 5.09. The molecule has 2 aromatic carbocycles. The molecule has 0 spiro atoms. The normalized spacial score (nSPS) is 14.6. The van der Waals surface area contributed by atoms with Crippen molar-refractivity contribution in [2.45, 2.75) is 19.4 Å². The van der Waals surface area contributed by atoms with Crippen molar-refractivity contribution in [1.29, 1.82) is 0 Å². The third kappa shape index (κ3) is 2.83. The van der Waals surface area contributed by atoms with E-state index in [2.05, 4.69) is 27.3 Å². The van der Waals surface area contributed by atoms with E-state index in [1.165, 1.54) is 11.6 Å². The molecular formula is C17H17BrFNO. The zero-order valence-electron chi connectivity index (χ0n) is 11.8. The topological polar surface area (TPSA) is 21.3 Å². The number of rotatable bonds is 4. The Morgan fingerprint density at radius 3 is 2.90 bits per heavy atom. The first-order valence-corrected chi connectivity index (χ1v) is 7.93. The predicted molar refractivity (Wildman–Crippen MR) is 85.3 cm³/mol. The fraction of sp³-hybridized carbons (Fsp3) is 0.294. The molecule has 1 N–H and O–H groups in total. The lowest BCUT2D eigenvalue weighted by Crippen LogP contribution is -2.23. The summed E-state index contributed by atoms with van der Waals surface area (Å²) in [6.45, 7) is 3.48. The van der Waals surface area contributed by atoms with Gasteiger partial charge in [-0.3, -0.25) is 0 Å². The molecule has 0 aliphatic carbocycles. The fourth-order valence-corrected chi connectivity index (χ4v) is 3.13. The quantitative estimate of drug-likeness (QED) is 0.891. The average molecular weight is 350 g/mol. The summed E-state index contributed by atoms with van der Waals surface area (Å²) in [6, 6.07) is 11.1. The van der Waals surface area contributed by atoms with Crippen LogP contribution in [-0.4, -0.2) is 13.2 Å². The Morgan fingerprint density at radius 2 is 2.14 bits per heavy atom. The van der Waals surface area contributed by atoms with E-state index in [-0.39, 0.29) is 11.9 Å². The molecule has 2 nitrogen and oxygen atoms in total. The van der Waals surface area contributed by atoms with Gasteiger partial charge in [0.15, 0.2) is 0 Å². The Balaban J connectivity index is 2.08. The van der Waals surface area contributed by atoms with Crippen LogP contribution < -0.4 is 10.1 Å². The highest BCUT2D eigenvalue weighted by molar-refractivity contribution is 9.10. The minimum atomic E-state index is -0.217. The Hall–Kier alpha value is -1.39. The predicted octanol–water partition coefficient (Wildman–Crippen LogP) is 4.22. The molecule has 1 atom stereocenters. The molecule has 110 valence electrons. The molecule has 1 aliphatic rings. The Morgan fingerprint density at radius 1 is 1.29 bits per heavy atom. The number of benzene rings is 2. The van der Waals surface area contributed by atoms with E-state index in [1.54, 1.807) is 0 Å².